The van der Waals surface area contributed by atoms with Crippen molar-refractivity contribution in [2.24, 2.45) is 0 Å². The van der Waals surface area contributed by atoms with Crippen molar-refractivity contribution >= 4 is 56.5 Å². The molecule has 1 atom stereocenters. The third kappa shape index (κ3) is 4.52. The standard InChI is InChI=1S/C11H16N2O4S2.Na/c14-18(15)12-10-4-6-11(7-5-10)19(16,17)13-8-2-1-3-9-13;/h4-7,12H,1-3,8-9H2,(H,14,15);/p-1. The predicted molar refractivity (Wildman–Crippen MR) is 77.3 cm³/mol. The Morgan fingerprint density at radius 2 is 1.65 bits per heavy atom. The van der Waals surface area contributed by atoms with Crippen molar-refractivity contribution in [3.63, 3.8) is 0 Å². The van der Waals surface area contributed by atoms with Crippen LogP contribution in [0.3, 0.4) is 0 Å². The first-order valence-corrected chi connectivity index (χ1v) is 8.48. The molecular formula is C11H15N2NaO4S2-. The first-order chi connectivity index (χ1) is 9.00. The monoisotopic (exact) mass is 326 g/mol. The van der Waals surface area contributed by atoms with Crippen molar-refractivity contribution < 1.29 is 17.2 Å². The van der Waals surface area contributed by atoms with E-state index in [1.807, 2.05) is 0 Å². The van der Waals surface area contributed by atoms with Gasteiger partial charge in [-0.25, -0.2) is 8.42 Å². The first-order valence-electron chi connectivity index (χ1n) is 5.96. The molecule has 1 radical (unpaired) electrons. The van der Waals surface area contributed by atoms with Crippen molar-refractivity contribution in [1.82, 2.24) is 4.31 Å². The molecule has 9 heteroatoms. The van der Waals surface area contributed by atoms with Crippen molar-refractivity contribution in [3.05, 3.63) is 24.3 Å². The summed E-state index contributed by atoms with van der Waals surface area (Å²) in [5, 5.41) is 0. The van der Waals surface area contributed by atoms with E-state index in [4.69, 9.17) is 0 Å². The van der Waals surface area contributed by atoms with Gasteiger partial charge in [-0.05, 0) is 37.1 Å². The number of rotatable bonds is 4. The number of hydrogen-bond donors (Lipinski definition) is 1. The Morgan fingerprint density at radius 1 is 1.10 bits per heavy atom. The van der Waals surface area contributed by atoms with Crippen molar-refractivity contribution in [3.8, 4) is 0 Å². The van der Waals surface area contributed by atoms with Crippen molar-refractivity contribution in [1.29, 1.82) is 0 Å². The number of benzene rings is 1. The van der Waals surface area contributed by atoms with Gasteiger partial charge in [0.05, 0.1) is 4.90 Å². The second-order valence-electron chi connectivity index (χ2n) is 4.33. The molecule has 1 aliphatic heterocycles. The fraction of sp³-hybridized carbons (Fsp3) is 0.455. The Hall–Kier alpha value is 0.0400. The minimum atomic E-state index is -3.46. The molecule has 0 aromatic heterocycles. The third-order valence-corrected chi connectivity index (χ3v) is 5.32. The van der Waals surface area contributed by atoms with Gasteiger partial charge in [0.15, 0.2) is 0 Å². The molecule has 20 heavy (non-hydrogen) atoms. The van der Waals surface area contributed by atoms with Gasteiger partial charge in [0.25, 0.3) is 0 Å². The number of piperidine rings is 1. The van der Waals surface area contributed by atoms with E-state index >= 15 is 0 Å². The molecule has 0 amide bonds. The third-order valence-electron chi connectivity index (χ3n) is 3.01. The van der Waals surface area contributed by atoms with Gasteiger partial charge in [0, 0.05) is 59.6 Å². The van der Waals surface area contributed by atoms with Gasteiger partial charge < -0.3 is 9.27 Å². The maximum Gasteiger partial charge on any atom is 0.243 e. The Bertz CT molecular complexity index is 556. The van der Waals surface area contributed by atoms with Crippen LogP contribution in [0, 0.1) is 0 Å². The van der Waals surface area contributed by atoms with Gasteiger partial charge in [0.1, 0.15) is 0 Å². The molecule has 1 saturated heterocycles. The Labute approximate surface area is 143 Å². The number of nitrogens with one attached hydrogen (secondary N) is 1. The summed E-state index contributed by atoms with van der Waals surface area (Å²) in [6.07, 6.45) is 2.83. The topological polar surface area (TPSA) is 89.5 Å². The molecule has 0 spiro atoms. The number of anilines is 1. The maximum absolute atomic E-state index is 12.3. The number of nitrogens with zero attached hydrogens (tertiary/aromatic N) is 1. The minimum absolute atomic E-state index is 0. The smallest absolute Gasteiger partial charge is 0.243 e. The molecular weight excluding hydrogens is 311 g/mol. The van der Waals surface area contributed by atoms with E-state index in [1.165, 1.54) is 28.6 Å². The number of hydrogen-bond acceptors (Lipinski definition) is 4. The summed E-state index contributed by atoms with van der Waals surface area (Å²) < 4.78 is 49.2. The molecule has 6 nitrogen and oxygen atoms in total. The summed E-state index contributed by atoms with van der Waals surface area (Å²) >= 11 is -2.41. The van der Waals surface area contributed by atoms with E-state index in [0.29, 0.717) is 18.8 Å². The summed E-state index contributed by atoms with van der Waals surface area (Å²) in [5.41, 5.74) is 0.339. The average molecular weight is 326 g/mol. The zero-order valence-electron chi connectivity index (χ0n) is 11.2. The molecule has 0 bridgehead atoms. The summed E-state index contributed by atoms with van der Waals surface area (Å²) in [6, 6.07) is 5.71. The molecule has 1 fully saturated rings. The van der Waals surface area contributed by atoms with Crippen molar-refractivity contribution in [2.75, 3.05) is 17.8 Å². The van der Waals surface area contributed by atoms with Gasteiger partial charge in [-0.1, -0.05) is 6.42 Å². The molecule has 1 unspecified atom stereocenters. The van der Waals surface area contributed by atoms with Crippen LogP contribution in [0.25, 0.3) is 0 Å². The van der Waals surface area contributed by atoms with Crippen LogP contribution in [-0.2, 0) is 21.3 Å². The summed E-state index contributed by atoms with van der Waals surface area (Å²) in [6.45, 7) is 1.10. The second-order valence-corrected chi connectivity index (χ2v) is 6.94. The largest absolute Gasteiger partial charge is 0.755 e. The van der Waals surface area contributed by atoms with Gasteiger partial charge in [-0.15, -0.1) is 0 Å². The molecule has 1 aliphatic rings. The molecule has 1 aromatic rings. The molecule has 1 N–H and O–H groups in total. The van der Waals surface area contributed by atoms with E-state index in [-0.39, 0.29) is 34.5 Å². The van der Waals surface area contributed by atoms with Gasteiger partial charge in [-0.3, -0.25) is 4.21 Å². The fourth-order valence-corrected chi connectivity index (χ4v) is 3.89. The molecule has 1 aromatic carbocycles. The normalized spacial score (nSPS) is 18.1. The fourth-order valence-electron chi connectivity index (χ4n) is 2.05. The zero-order chi connectivity index (χ0) is 13.9. The van der Waals surface area contributed by atoms with E-state index in [1.54, 1.807) is 0 Å². The first kappa shape index (κ1) is 18.1. The van der Waals surface area contributed by atoms with Gasteiger partial charge in [0.2, 0.25) is 10.0 Å². The molecule has 107 valence electrons. The molecule has 2 rings (SSSR count). The van der Waals surface area contributed by atoms with Gasteiger partial charge >= 0.3 is 0 Å². The number of sulfonamides is 1. The van der Waals surface area contributed by atoms with Crippen molar-refractivity contribution in [2.45, 2.75) is 24.2 Å². The van der Waals surface area contributed by atoms with Crippen LogP contribution < -0.4 is 4.72 Å². The quantitative estimate of drug-likeness (QED) is 0.651. The minimum Gasteiger partial charge on any atom is -0.755 e. The molecule has 0 saturated carbocycles. The molecule has 1 heterocycles. The van der Waals surface area contributed by atoms with Crippen LogP contribution in [0.4, 0.5) is 5.69 Å². The Kier molecular flexibility index (Phi) is 7.13. The average Bonchev–Trinajstić information content (AvgIpc) is 2.40. The summed E-state index contributed by atoms with van der Waals surface area (Å²) in [7, 11) is -3.46. The SMILES string of the molecule is O=S([O-])Nc1ccc(S(=O)(=O)N2CCCCC2)cc1.[Na]. The van der Waals surface area contributed by atoms with E-state index in [0.717, 1.165) is 19.3 Å². The van der Waals surface area contributed by atoms with Crippen LogP contribution in [0.5, 0.6) is 0 Å². The van der Waals surface area contributed by atoms with E-state index in [9.17, 15) is 17.2 Å². The summed E-state index contributed by atoms with van der Waals surface area (Å²) in [4.78, 5) is 0.191. The Balaban J connectivity index is 0.00000200. The van der Waals surface area contributed by atoms with E-state index in [2.05, 4.69) is 4.72 Å². The predicted octanol–water partition coefficient (Wildman–Crippen LogP) is 0.686. The second kappa shape index (κ2) is 7.88. The van der Waals surface area contributed by atoms with Crippen LogP contribution in [0.1, 0.15) is 19.3 Å². The Morgan fingerprint density at radius 3 is 2.15 bits per heavy atom. The maximum atomic E-state index is 12.3. The van der Waals surface area contributed by atoms with E-state index < -0.39 is 21.3 Å². The van der Waals surface area contributed by atoms with Crippen LogP contribution >= 0.6 is 0 Å². The summed E-state index contributed by atoms with van der Waals surface area (Å²) in [5.74, 6) is 0. The van der Waals surface area contributed by atoms with Gasteiger partial charge in [-0.2, -0.15) is 4.31 Å². The van der Waals surface area contributed by atoms with Crippen LogP contribution in [0.2, 0.25) is 0 Å². The van der Waals surface area contributed by atoms with Crippen LogP contribution in [-0.4, -0.2) is 64.1 Å². The zero-order valence-corrected chi connectivity index (χ0v) is 14.9. The molecule has 0 aliphatic carbocycles. The van der Waals surface area contributed by atoms with Crippen LogP contribution in [0.15, 0.2) is 29.2 Å².